The van der Waals surface area contributed by atoms with Crippen molar-refractivity contribution in [2.24, 2.45) is 0 Å². The van der Waals surface area contributed by atoms with E-state index in [1.807, 2.05) is 6.92 Å². The Morgan fingerprint density at radius 3 is 2.23 bits per heavy atom. The zero-order valence-electron chi connectivity index (χ0n) is 9.15. The number of hydrogen-bond donors (Lipinski definition) is 2. The smallest absolute Gasteiger partial charge is 0.0752 e. The minimum atomic E-state index is -0.695. The summed E-state index contributed by atoms with van der Waals surface area (Å²) in [6.45, 7) is 8.61. The predicted octanol–water partition coefficient (Wildman–Crippen LogP) is 1.54. The predicted molar refractivity (Wildman–Crippen MR) is 56.4 cm³/mol. The highest BCUT2D eigenvalue weighted by atomic mass is 16.3. The van der Waals surface area contributed by atoms with E-state index in [0.29, 0.717) is 19.4 Å². The lowest BCUT2D eigenvalue weighted by atomic mass is 9.98. The number of hydrogen-bond acceptors (Lipinski definition) is 2. The van der Waals surface area contributed by atoms with Crippen LogP contribution in [0.3, 0.4) is 0 Å². The lowest BCUT2D eigenvalue weighted by Gasteiger charge is -2.28. The maximum Gasteiger partial charge on any atom is 0.0752 e. The van der Waals surface area contributed by atoms with Crippen LogP contribution in [-0.4, -0.2) is 22.8 Å². The lowest BCUT2D eigenvalue weighted by molar-refractivity contribution is 0.0460. The molecule has 0 aliphatic carbocycles. The van der Waals surface area contributed by atoms with Crippen LogP contribution in [0.1, 0.15) is 40.5 Å². The fourth-order valence-corrected chi connectivity index (χ4v) is 0.885. The molecule has 0 aliphatic heterocycles. The van der Waals surface area contributed by atoms with Gasteiger partial charge < -0.3 is 10.4 Å². The Labute approximate surface area is 81.7 Å². The van der Waals surface area contributed by atoms with Crippen LogP contribution in [0.4, 0.5) is 0 Å². The van der Waals surface area contributed by atoms with E-state index in [4.69, 9.17) is 6.42 Å². The third-order valence-corrected chi connectivity index (χ3v) is 1.81. The number of aliphatic hydroxyl groups is 1. The van der Waals surface area contributed by atoms with Gasteiger partial charge in [0.15, 0.2) is 0 Å². The van der Waals surface area contributed by atoms with E-state index in [1.54, 1.807) is 0 Å². The molecule has 0 saturated carbocycles. The summed E-state index contributed by atoms with van der Waals surface area (Å²) in [4.78, 5) is 0. The highest BCUT2D eigenvalue weighted by Crippen LogP contribution is 2.11. The number of rotatable bonds is 4. The van der Waals surface area contributed by atoms with Gasteiger partial charge in [0.2, 0.25) is 0 Å². The molecule has 0 saturated heterocycles. The van der Waals surface area contributed by atoms with Gasteiger partial charge in [-0.05, 0) is 34.1 Å². The average Bonchev–Trinajstić information content (AvgIpc) is 1.97. The second-order valence-corrected chi connectivity index (χ2v) is 4.80. The van der Waals surface area contributed by atoms with Crippen LogP contribution in [0.15, 0.2) is 0 Å². The molecule has 0 aromatic carbocycles. The molecular weight excluding hydrogens is 162 g/mol. The van der Waals surface area contributed by atoms with Crippen molar-refractivity contribution in [1.82, 2.24) is 5.32 Å². The number of terminal acetylenes is 1. The minimum absolute atomic E-state index is 0.0418. The monoisotopic (exact) mass is 183 g/mol. The van der Waals surface area contributed by atoms with E-state index in [-0.39, 0.29) is 5.54 Å². The summed E-state index contributed by atoms with van der Waals surface area (Å²) in [5.41, 5.74) is -0.653. The Kier molecular flexibility index (Phi) is 4.46. The average molecular weight is 183 g/mol. The second-order valence-electron chi connectivity index (χ2n) is 4.80. The molecule has 0 aromatic rings. The summed E-state index contributed by atoms with van der Waals surface area (Å²) >= 11 is 0. The van der Waals surface area contributed by atoms with Gasteiger partial charge in [0.05, 0.1) is 5.60 Å². The molecule has 0 bridgehead atoms. The fraction of sp³-hybridized carbons (Fsp3) is 0.818. The molecule has 0 heterocycles. The molecule has 2 nitrogen and oxygen atoms in total. The van der Waals surface area contributed by atoms with Crippen LogP contribution in [0, 0.1) is 12.3 Å². The van der Waals surface area contributed by atoms with Crippen molar-refractivity contribution >= 4 is 0 Å². The Morgan fingerprint density at radius 2 is 1.85 bits per heavy atom. The van der Waals surface area contributed by atoms with Crippen molar-refractivity contribution in [2.75, 3.05) is 6.54 Å². The maximum atomic E-state index is 9.85. The van der Waals surface area contributed by atoms with E-state index in [1.165, 1.54) is 0 Å². The van der Waals surface area contributed by atoms with E-state index < -0.39 is 5.60 Å². The molecule has 0 spiro atoms. The molecule has 0 fully saturated rings. The van der Waals surface area contributed by atoms with Crippen molar-refractivity contribution < 1.29 is 5.11 Å². The number of nitrogens with one attached hydrogen (secondary N) is 1. The SMILES string of the molecule is C#CCCC(C)(O)CNC(C)(C)C. The Hall–Kier alpha value is -0.520. The molecule has 2 heteroatoms. The third-order valence-electron chi connectivity index (χ3n) is 1.81. The van der Waals surface area contributed by atoms with Crippen molar-refractivity contribution in [3.05, 3.63) is 0 Å². The van der Waals surface area contributed by atoms with Crippen molar-refractivity contribution in [2.45, 2.75) is 51.7 Å². The minimum Gasteiger partial charge on any atom is -0.389 e. The molecule has 1 unspecified atom stereocenters. The molecule has 0 rings (SSSR count). The van der Waals surface area contributed by atoms with Crippen molar-refractivity contribution in [1.29, 1.82) is 0 Å². The van der Waals surface area contributed by atoms with Gasteiger partial charge in [-0.15, -0.1) is 12.3 Å². The highest BCUT2D eigenvalue weighted by Gasteiger charge is 2.21. The second kappa shape index (κ2) is 4.64. The van der Waals surface area contributed by atoms with Crippen LogP contribution in [-0.2, 0) is 0 Å². The molecule has 1 atom stereocenters. The summed E-state index contributed by atoms with van der Waals surface area (Å²) in [6, 6.07) is 0. The normalized spacial score (nSPS) is 16.3. The van der Waals surface area contributed by atoms with E-state index in [0.717, 1.165) is 0 Å². The molecule has 0 amide bonds. The summed E-state index contributed by atoms with van der Waals surface area (Å²) in [5, 5.41) is 13.1. The van der Waals surface area contributed by atoms with Gasteiger partial charge >= 0.3 is 0 Å². The zero-order valence-corrected chi connectivity index (χ0v) is 9.15. The van der Waals surface area contributed by atoms with Crippen LogP contribution in [0.25, 0.3) is 0 Å². The zero-order chi connectivity index (χ0) is 10.5. The van der Waals surface area contributed by atoms with Gasteiger partial charge in [-0.1, -0.05) is 0 Å². The largest absolute Gasteiger partial charge is 0.389 e. The molecular formula is C11H21NO. The summed E-state index contributed by atoms with van der Waals surface area (Å²) in [5.74, 6) is 2.53. The summed E-state index contributed by atoms with van der Waals surface area (Å²) in [7, 11) is 0. The van der Waals surface area contributed by atoms with Crippen LogP contribution >= 0.6 is 0 Å². The first-order chi connectivity index (χ1) is 5.77. The standard InChI is InChI=1S/C11H21NO/c1-6-7-8-11(5,13)9-12-10(2,3)4/h1,12-13H,7-9H2,2-5H3. The van der Waals surface area contributed by atoms with Crippen LogP contribution < -0.4 is 5.32 Å². The van der Waals surface area contributed by atoms with E-state index >= 15 is 0 Å². The van der Waals surface area contributed by atoms with Gasteiger partial charge in [0, 0.05) is 18.5 Å². The Balaban J connectivity index is 3.83. The van der Waals surface area contributed by atoms with Gasteiger partial charge in [0.1, 0.15) is 0 Å². The van der Waals surface area contributed by atoms with E-state index in [2.05, 4.69) is 32.0 Å². The van der Waals surface area contributed by atoms with Gasteiger partial charge in [-0.3, -0.25) is 0 Å². The first kappa shape index (κ1) is 12.5. The van der Waals surface area contributed by atoms with Crippen LogP contribution in [0.5, 0.6) is 0 Å². The lowest BCUT2D eigenvalue weighted by Crippen LogP contribution is -2.46. The van der Waals surface area contributed by atoms with Crippen molar-refractivity contribution in [3.63, 3.8) is 0 Å². The number of β-amino-alcohol motifs (C(OH)–C–C–N with tert-alkyl or cyclic N) is 1. The van der Waals surface area contributed by atoms with Crippen LogP contribution in [0.2, 0.25) is 0 Å². The summed E-state index contributed by atoms with van der Waals surface area (Å²) in [6.07, 6.45) is 6.41. The molecule has 76 valence electrons. The van der Waals surface area contributed by atoms with Gasteiger partial charge in [-0.25, -0.2) is 0 Å². The maximum absolute atomic E-state index is 9.85. The molecule has 13 heavy (non-hydrogen) atoms. The topological polar surface area (TPSA) is 32.3 Å². The third kappa shape index (κ3) is 7.83. The quantitative estimate of drug-likeness (QED) is 0.648. The molecule has 0 aliphatic rings. The molecule has 2 N–H and O–H groups in total. The van der Waals surface area contributed by atoms with Crippen molar-refractivity contribution in [3.8, 4) is 12.3 Å². The Morgan fingerprint density at radius 1 is 1.31 bits per heavy atom. The Bertz CT molecular complexity index is 183. The van der Waals surface area contributed by atoms with E-state index in [9.17, 15) is 5.11 Å². The molecule has 0 aromatic heterocycles. The van der Waals surface area contributed by atoms with Gasteiger partial charge in [0.25, 0.3) is 0 Å². The molecule has 0 radical (unpaired) electrons. The first-order valence-electron chi connectivity index (χ1n) is 4.68. The highest BCUT2D eigenvalue weighted by molar-refractivity contribution is 4.89. The fourth-order valence-electron chi connectivity index (χ4n) is 0.885. The first-order valence-corrected chi connectivity index (χ1v) is 4.68. The van der Waals surface area contributed by atoms with Gasteiger partial charge in [-0.2, -0.15) is 0 Å². The summed E-state index contributed by atoms with van der Waals surface area (Å²) < 4.78 is 0.